The molecule has 3 rings (SSSR count). The Labute approximate surface area is 150 Å². The molecule has 25 heavy (non-hydrogen) atoms. The van der Waals surface area contributed by atoms with Crippen molar-refractivity contribution in [1.29, 1.82) is 0 Å². The maximum absolute atomic E-state index is 12.2. The van der Waals surface area contributed by atoms with E-state index in [2.05, 4.69) is 16.8 Å². The van der Waals surface area contributed by atoms with Crippen molar-refractivity contribution >= 4 is 33.4 Å². The van der Waals surface area contributed by atoms with Crippen molar-refractivity contribution in [3.63, 3.8) is 0 Å². The Morgan fingerprint density at radius 3 is 2.80 bits per heavy atom. The number of hydrogen-bond donors (Lipinski definition) is 0. The van der Waals surface area contributed by atoms with E-state index in [1.54, 1.807) is 6.08 Å². The highest BCUT2D eigenvalue weighted by molar-refractivity contribution is 7.99. The number of aromatic nitrogens is 3. The molecule has 0 aromatic carbocycles. The molecule has 3 heterocycles. The van der Waals surface area contributed by atoms with Crippen LogP contribution in [-0.2, 0) is 26.0 Å². The average Bonchev–Trinajstić information content (AvgIpc) is 3.24. The molecule has 2 aliphatic heterocycles. The zero-order chi connectivity index (χ0) is 18.0. The molecular formula is C15H20N4O4S2. The van der Waals surface area contributed by atoms with Crippen LogP contribution in [0.15, 0.2) is 17.8 Å². The molecule has 0 unspecified atom stereocenters. The van der Waals surface area contributed by atoms with Gasteiger partial charge in [0.1, 0.15) is 5.82 Å². The lowest BCUT2D eigenvalue weighted by molar-refractivity contribution is -0.140. The number of imide groups is 1. The van der Waals surface area contributed by atoms with Crippen LogP contribution < -0.4 is 0 Å². The smallest absolute Gasteiger partial charge is 0.239 e. The highest BCUT2D eigenvalue weighted by Crippen LogP contribution is 2.30. The van der Waals surface area contributed by atoms with Gasteiger partial charge in [-0.3, -0.25) is 14.5 Å². The molecule has 2 amide bonds. The van der Waals surface area contributed by atoms with E-state index in [0.29, 0.717) is 43.3 Å². The molecule has 0 bridgehead atoms. The van der Waals surface area contributed by atoms with Gasteiger partial charge < -0.3 is 4.57 Å². The van der Waals surface area contributed by atoms with Gasteiger partial charge >= 0.3 is 0 Å². The SMILES string of the molecule is C=CCn1c(SCC(=O)N2CCCC2=O)nnc1[C@H]1CCS(=O)(=O)C1. The van der Waals surface area contributed by atoms with Crippen LogP contribution >= 0.6 is 11.8 Å². The lowest BCUT2D eigenvalue weighted by atomic mass is 10.1. The van der Waals surface area contributed by atoms with Crippen LogP contribution in [0.25, 0.3) is 0 Å². The molecule has 2 saturated heterocycles. The van der Waals surface area contributed by atoms with Crippen molar-refractivity contribution < 1.29 is 18.0 Å². The fourth-order valence-electron chi connectivity index (χ4n) is 3.12. The first kappa shape index (κ1) is 18.1. The Morgan fingerprint density at radius 1 is 1.40 bits per heavy atom. The van der Waals surface area contributed by atoms with E-state index in [1.165, 1.54) is 16.7 Å². The number of hydrogen-bond acceptors (Lipinski definition) is 7. The standard InChI is InChI=1S/C15H20N4O4S2/c1-2-6-19-14(11-5-8-25(22,23)10-11)16-17-15(19)24-9-13(21)18-7-3-4-12(18)20/h2,11H,1,3-10H2/t11-/m0/s1. The Bertz CT molecular complexity index is 802. The molecule has 8 nitrogen and oxygen atoms in total. The number of likely N-dealkylation sites (tertiary alicyclic amines) is 1. The molecular weight excluding hydrogens is 364 g/mol. The second kappa shape index (κ2) is 7.28. The van der Waals surface area contributed by atoms with Gasteiger partial charge in [0, 0.05) is 25.4 Å². The topological polar surface area (TPSA) is 102 Å². The first-order valence-corrected chi connectivity index (χ1v) is 10.9. The summed E-state index contributed by atoms with van der Waals surface area (Å²) < 4.78 is 25.2. The summed E-state index contributed by atoms with van der Waals surface area (Å²) in [7, 11) is -3.02. The number of thioether (sulfide) groups is 1. The molecule has 10 heteroatoms. The van der Waals surface area contributed by atoms with Crippen LogP contribution in [-0.4, -0.2) is 63.7 Å². The maximum Gasteiger partial charge on any atom is 0.239 e. The number of sulfone groups is 1. The van der Waals surface area contributed by atoms with Crippen molar-refractivity contribution in [3.05, 3.63) is 18.5 Å². The van der Waals surface area contributed by atoms with E-state index in [1.807, 2.05) is 4.57 Å². The predicted molar refractivity (Wildman–Crippen MR) is 92.9 cm³/mol. The summed E-state index contributed by atoms with van der Waals surface area (Å²) in [5.74, 6) is 0.422. The summed E-state index contributed by atoms with van der Waals surface area (Å²) in [4.78, 5) is 25.1. The number of allylic oxidation sites excluding steroid dienone is 1. The van der Waals surface area contributed by atoms with Gasteiger partial charge in [0.2, 0.25) is 11.8 Å². The average molecular weight is 384 g/mol. The van der Waals surface area contributed by atoms with Gasteiger partial charge in [-0.1, -0.05) is 17.8 Å². The quantitative estimate of drug-likeness (QED) is 0.523. The predicted octanol–water partition coefficient (Wildman–Crippen LogP) is 0.607. The van der Waals surface area contributed by atoms with Crippen LogP contribution in [0.5, 0.6) is 0 Å². The minimum absolute atomic E-state index is 0.0775. The van der Waals surface area contributed by atoms with E-state index in [4.69, 9.17) is 0 Å². The van der Waals surface area contributed by atoms with Crippen molar-refractivity contribution in [1.82, 2.24) is 19.7 Å². The molecule has 1 aromatic heterocycles. The van der Waals surface area contributed by atoms with E-state index < -0.39 is 9.84 Å². The van der Waals surface area contributed by atoms with Gasteiger partial charge in [0.15, 0.2) is 15.0 Å². The zero-order valence-electron chi connectivity index (χ0n) is 13.8. The van der Waals surface area contributed by atoms with Crippen molar-refractivity contribution in [2.75, 3.05) is 23.8 Å². The molecule has 0 aliphatic carbocycles. The monoisotopic (exact) mass is 384 g/mol. The van der Waals surface area contributed by atoms with Gasteiger partial charge in [-0.05, 0) is 12.8 Å². The minimum Gasteiger partial charge on any atom is -0.302 e. The first-order chi connectivity index (χ1) is 11.9. The molecule has 0 N–H and O–H groups in total. The van der Waals surface area contributed by atoms with E-state index in [0.717, 1.165) is 0 Å². The summed E-state index contributed by atoms with van der Waals surface area (Å²) in [6.07, 6.45) is 3.35. The van der Waals surface area contributed by atoms with Crippen molar-refractivity contribution in [3.8, 4) is 0 Å². The molecule has 1 atom stereocenters. The van der Waals surface area contributed by atoms with E-state index >= 15 is 0 Å². The van der Waals surface area contributed by atoms with Gasteiger partial charge in [0.25, 0.3) is 0 Å². The summed E-state index contributed by atoms with van der Waals surface area (Å²) in [5.41, 5.74) is 0. The second-order valence-electron chi connectivity index (χ2n) is 6.17. The Kier molecular flexibility index (Phi) is 5.28. The summed E-state index contributed by atoms with van der Waals surface area (Å²) in [6.45, 7) is 4.63. The highest BCUT2D eigenvalue weighted by atomic mass is 32.2. The zero-order valence-corrected chi connectivity index (χ0v) is 15.4. The van der Waals surface area contributed by atoms with Gasteiger partial charge in [-0.15, -0.1) is 16.8 Å². The summed E-state index contributed by atoms with van der Waals surface area (Å²) >= 11 is 1.21. The molecule has 2 fully saturated rings. The molecule has 136 valence electrons. The minimum atomic E-state index is -3.02. The highest BCUT2D eigenvalue weighted by Gasteiger charge is 2.33. The Morgan fingerprint density at radius 2 is 2.20 bits per heavy atom. The third kappa shape index (κ3) is 3.95. The van der Waals surface area contributed by atoms with Crippen molar-refractivity contribution in [2.24, 2.45) is 0 Å². The van der Waals surface area contributed by atoms with E-state index in [-0.39, 0.29) is 35.0 Å². The lowest BCUT2D eigenvalue weighted by Gasteiger charge is -2.14. The lowest BCUT2D eigenvalue weighted by Crippen LogP contribution is -2.33. The van der Waals surface area contributed by atoms with Crippen molar-refractivity contribution in [2.45, 2.75) is 36.9 Å². The van der Waals surface area contributed by atoms with Crippen LogP contribution in [0.4, 0.5) is 0 Å². The number of nitrogens with zero attached hydrogens (tertiary/aromatic N) is 4. The second-order valence-corrected chi connectivity index (χ2v) is 9.34. The fourth-order valence-corrected chi connectivity index (χ4v) is 5.69. The largest absolute Gasteiger partial charge is 0.302 e. The van der Waals surface area contributed by atoms with Crippen LogP contribution in [0.3, 0.4) is 0 Å². The molecule has 0 saturated carbocycles. The van der Waals surface area contributed by atoms with Gasteiger partial charge in [0.05, 0.1) is 17.3 Å². The number of amides is 2. The van der Waals surface area contributed by atoms with Crippen LogP contribution in [0.2, 0.25) is 0 Å². The van der Waals surface area contributed by atoms with Gasteiger partial charge in [-0.2, -0.15) is 0 Å². The molecule has 0 spiro atoms. The normalized spacial score (nSPS) is 22.5. The molecule has 0 radical (unpaired) electrons. The first-order valence-electron chi connectivity index (χ1n) is 8.11. The Hall–Kier alpha value is -1.68. The molecule has 1 aromatic rings. The fraction of sp³-hybridized carbons (Fsp3) is 0.600. The van der Waals surface area contributed by atoms with Crippen LogP contribution in [0, 0.1) is 0 Å². The number of carbonyl (C=O) groups is 2. The summed E-state index contributed by atoms with van der Waals surface area (Å²) in [6, 6.07) is 0. The van der Waals surface area contributed by atoms with E-state index in [9.17, 15) is 18.0 Å². The number of carbonyl (C=O) groups excluding carboxylic acids is 2. The molecule has 2 aliphatic rings. The third-order valence-corrected chi connectivity index (χ3v) is 7.07. The maximum atomic E-state index is 12.2. The summed E-state index contributed by atoms with van der Waals surface area (Å²) in [5, 5.41) is 8.82. The third-order valence-electron chi connectivity index (χ3n) is 4.35. The Balaban J connectivity index is 1.72. The van der Waals surface area contributed by atoms with Gasteiger partial charge in [-0.25, -0.2) is 8.42 Å². The van der Waals surface area contributed by atoms with Crippen LogP contribution in [0.1, 0.15) is 31.0 Å². The number of rotatable bonds is 6.